The number of hydrogen-bond donors (Lipinski definition) is 0. The third kappa shape index (κ3) is 3.44. The number of nitrogens with zero attached hydrogens (tertiary/aromatic N) is 3. The van der Waals surface area contributed by atoms with Gasteiger partial charge in [-0.2, -0.15) is 5.26 Å². The van der Waals surface area contributed by atoms with Crippen LogP contribution in [0.1, 0.15) is 56.7 Å². The van der Waals surface area contributed by atoms with Crippen molar-refractivity contribution < 1.29 is 0 Å². The molecule has 1 aliphatic heterocycles. The van der Waals surface area contributed by atoms with E-state index in [1.165, 1.54) is 11.3 Å². The molecule has 3 nitrogen and oxygen atoms in total. The van der Waals surface area contributed by atoms with E-state index < -0.39 is 0 Å². The van der Waals surface area contributed by atoms with Crippen molar-refractivity contribution in [2.24, 2.45) is 4.99 Å². The van der Waals surface area contributed by atoms with Crippen LogP contribution < -0.4 is 4.90 Å². The van der Waals surface area contributed by atoms with Crippen molar-refractivity contribution in [3.8, 4) is 6.07 Å². The molecule has 0 spiro atoms. The molecule has 2 aromatic rings. The lowest BCUT2D eigenvalue weighted by Crippen LogP contribution is -2.48. The number of anilines is 1. The van der Waals surface area contributed by atoms with Crippen LogP contribution in [-0.4, -0.2) is 18.3 Å². The van der Waals surface area contributed by atoms with Crippen LogP contribution >= 0.6 is 0 Å². The first-order chi connectivity index (χ1) is 11.9. The predicted octanol–water partition coefficient (Wildman–Crippen LogP) is 5.42. The predicted molar refractivity (Wildman–Crippen MR) is 105 cm³/mol. The van der Waals surface area contributed by atoms with Crippen LogP contribution in [0.3, 0.4) is 0 Å². The monoisotopic (exact) mass is 331 g/mol. The molecule has 0 radical (unpaired) electrons. The third-order valence-corrected chi connectivity index (χ3v) is 5.09. The second-order valence-electron chi connectivity index (χ2n) is 7.40. The van der Waals surface area contributed by atoms with Gasteiger partial charge in [0.2, 0.25) is 0 Å². The van der Waals surface area contributed by atoms with E-state index in [0.29, 0.717) is 11.5 Å². The Balaban J connectivity index is 1.89. The lowest BCUT2D eigenvalue weighted by atomic mass is 9.79. The van der Waals surface area contributed by atoms with Crippen molar-refractivity contribution in [2.45, 2.75) is 45.6 Å². The Labute approximate surface area is 150 Å². The molecular weight excluding hydrogens is 306 g/mol. The topological polar surface area (TPSA) is 39.4 Å². The molecule has 0 fully saturated rings. The highest BCUT2D eigenvalue weighted by Crippen LogP contribution is 2.43. The van der Waals surface area contributed by atoms with Crippen LogP contribution in [-0.2, 0) is 0 Å². The molecule has 0 saturated heterocycles. The fraction of sp³-hybridized carbons (Fsp3) is 0.364. The molecule has 1 heterocycles. The average molecular weight is 331 g/mol. The van der Waals surface area contributed by atoms with Crippen LogP contribution in [0.5, 0.6) is 0 Å². The summed E-state index contributed by atoms with van der Waals surface area (Å²) < 4.78 is 0. The zero-order valence-corrected chi connectivity index (χ0v) is 15.5. The maximum absolute atomic E-state index is 8.86. The molecule has 0 aliphatic carbocycles. The fourth-order valence-electron chi connectivity index (χ4n) is 3.96. The molecular formula is C22H25N3. The Morgan fingerprint density at radius 3 is 2.60 bits per heavy atom. The summed E-state index contributed by atoms with van der Waals surface area (Å²) in [5.74, 6) is 0.538. The van der Waals surface area contributed by atoms with Gasteiger partial charge >= 0.3 is 0 Å². The van der Waals surface area contributed by atoms with E-state index in [4.69, 9.17) is 5.26 Å². The SMILES string of the molecule is CCN1c2ccc(C=Nc3ccc(C#N)cc3)cc2C(C)CC1(C)C. The maximum Gasteiger partial charge on any atom is 0.0991 e. The molecule has 128 valence electrons. The van der Waals surface area contributed by atoms with E-state index in [9.17, 15) is 0 Å². The quantitative estimate of drug-likeness (QED) is 0.704. The summed E-state index contributed by atoms with van der Waals surface area (Å²) >= 11 is 0. The first-order valence-electron chi connectivity index (χ1n) is 8.90. The maximum atomic E-state index is 8.86. The van der Waals surface area contributed by atoms with Gasteiger partial charge in [0.1, 0.15) is 0 Å². The molecule has 1 aliphatic rings. The van der Waals surface area contributed by atoms with Gasteiger partial charge in [0.25, 0.3) is 0 Å². The second-order valence-corrected chi connectivity index (χ2v) is 7.40. The highest BCUT2D eigenvalue weighted by atomic mass is 15.2. The van der Waals surface area contributed by atoms with Gasteiger partial charge in [0.05, 0.1) is 17.3 Å². The van der Waals surface area contributed by atoms with Crippen LogP contribution in [0.4, 0.5) is 11.4 Å². The number of nitriles is 1. The van der Waals surface area contributed by atoms with Gasteiger partial charge in [-0.3, -0.25) is 4.99 Å². The Morgan fingerprint density at radius 2 is 1.96 bits per heavy atom. The third-order valence-electron chi connectivity index (χ3n) is 5.09. The number of rotatable bonds is 3. The Kier molecular flexibility index (Phi) is 4.63. The minimum absolute atomic E-state index is 0.194. The van der Waals surface area contributed by atoms with Gasteiger partial charge in [0, 0.05) is 24.0 Å². The van der Waals surface area contributed by atoms with Crippen LogP contribution in [0.25, 0.3) is 0 Å². The molecule has 0 saturated carbocycles. The first-order valence-corrected chi connectivity index (χ1v) is 8.90. The van der Waals surface area contributed by atoms with Crippen LogP contribution in [0.2, 0.25) is 0 Å². The van der Waals surface area contributed by atoms with Crippen LogP contribution in [0, 0.1) is 11.3 Å². The number of hydrogen-bond acceptors (Lipinski definition) is 3. The normalized spacial score (nSPS) is 18.8. The molecule has 3 rings (SSSR count). The average Bonchev–Trinajstić information content (AvgIpc) is 2.60. The second kappa shape index (κ2) is 6.72. The van der Waals surface area contributed by atoms with Crippen LogP contribution in [0.15, 0.2) is 47.5 Å². The molecule has 2 aromatic carbocycles. The largest absolute Gasteiger partial charge is 0.366 e. The Hall–Kier alpha value is -2.60. The molecule has 0 bridgehead atoms. The fourth-order valence-corrected chi connectivity index (χ4v) is 3.96. The number of aliphatic imine (C=N–C) groups is 1. The molecule has 0 N–H and O–H groups in total. The van der Waals surface area contributed by atoms with Crippen molar-refractivity contribution >= 4 is 17.6 Å². The summed E-state index contributed by atoms with van der Waals surface area (Å²) in [7, 11) is 0. The van der Waals surface area contributed by atoms with Crippen molar-refractivity contribution in [1.29, 1.82) is 5.26 Å². The zero-order chi connectivity index (χ0) is 18.0. The summed E-state index contributed by atoms with van der Waals surface area (Å²) in [6, 6.07) is 16.1. The molecule has 3 heteroatoms. The van der Waals surface area contributed by atoms with Crippen molar-refractivity contribution in [2.75, 3.05) is 11.4 Å². The van der Waals surface area contributed by atoms with Gasteiger partial charge in [0.15, 0.2) is 0 Å². The standard InChI is InChI=1S/C22H25N3/c1-5-25-21-11-8-18(12-20(21)16(2)13-22(25,3)4)15-24-19-9-6-17(14-23)7-10-19/h6-12,15-16H,5,13H2,1-4H3. The van der Waals surface area contributed by atoms with Crippen molar-refractivity contribution in [3.05, 3.63) is 59.2 Å². The van der Waals surface area contributed by atoms with E-state index >= 15 is 0 Å². The van der Waals surface area contributed by atoms with Gasteiger partial charge in [-0.1, -0.05) is 13.0 Å². The van der Waals surface area contributed by atoms with E-state index in [-0.39, 0.29) is 5.54 Å². The lowest BCUT2D eigenvalue weighted by molar-refractivity contribution is 0.381. The minimum Gasteiger partial charge on any atom is -0.366 e. The number of fused-ring (bicyclic) bond motifs is 1. The highest BCUT2D eigenvalue weighted by Gasteiger charge is 2.35. The van der Waals surface area contributed by atoms with E-state index in [2.05, 4.69) is 61.9 Å². The van der Waals surface area contributed by atoms with E-state index in [1.54, 1.807) is 12.1 Å². The van der Waals surface area contributed by atoms with Gasteiger partial charge in [-0.05, 0) is 80.6 Å². The zero-order valence-electron chi connectivity index (χ0n) is 15.5. The highest BCUT2D eigenvalue weighted by molar-refractivity contribution is 5.83. The minimum atomic E-state index is 0.194. The van der Waals surface area contributed by atoms with Gasteiger partial charge < -0.3 is 4.90 Å². The summed E-state index contributed by atoms with van der Waals surface area (Å²) in [5.41, 5.74) is 5.58. The van der Waals surface area contributed by atoms with Crippen molar-refractivity contribution in [3.63, 3.8) is 0 Å². The van der Waals surface area contributed by atoms with Gasteiger partial charge in [-0.25, -0.2) is 0 Å². The molecule has 25 heavy (non-hydrogen) atoms. The molecule has 0 amide bonds. The molecule has 0 aromatic heterocycles. The Morgan fingerprint density at radius 1 is 1.24 bits per heavy atom. The van der Waals surface area contributed by atoms with Gasteiger partial charge in [-0.15, -0.1) is 0 Å². The summed E-state index contributed by atoms with van der Waals surface area (Å²) in [4.78, 5) is 7.05. The smallest absolute Gasteiger partial charge is 0.0991 e. The van der Waals surface area contributed by atoms with E-state index in [0.717, 1.165) is 24.2 Å². The molecule has 1 atom stereocenters. The summed E-state index contributed by atoms with van der Waals surface area (Å²) in [5, 5.41) is 8.86. The Bertz CT molecular complexity index is 825. The summed E-state index contributed by atoms with van der Waals surface area (Å²) in [6.07, 6.45) is 3.06. The summed E-state index contributed by atoms with van der Waals surface area (Å²) in [6.45, 7) is 10.2. The first kappa shape index (κ1) is 17.2. The number of benzene rings is 2. The van der Waals surface area contributed by atoms with E-state index in [1.807, 2.05) is 18.3 Å². The molecule has 1 unspecified atom stereocenters. The lowest BCUT2D eigenvalue weighted by Gasteiger charge is -2.47. The van der Waals surface area contributed by atoms with Crippen molar-refractivity contribution in [1.82, 2.24) is 0 Å².